The van der Waals surface area contributed by atoms with Crippen molar-refractivity contribution in [1.29, 1.82) is 0 Å². The molecule has 1 amide bonds. The van der Waals surface area contributed by atoms with Crippen molar-refractivity contribution in [1.82, 2.24) is 15.1 Å². The number of benzene rings is 2. The molecule has 3 rings (SSSR count). The van der Waals surface area contributed by atoms with Gasteiger partial charge < -0.3 is 10.1 Å². The molecule has 1 aromatic heterocycles. The lowest BCUT2D eigenvalue weighted by Crippen LogP contribution is -2.34. The number of aromatic amines is 1. The van der Waals surface area contributed by atoms with Crippen molar-refractivity contribution < 1.29 is 14.3 Å². The van der Waals surface area contributed by atoms with E-state index in [-0.39, 0.29) is 10.8 Å². The van der Waals surface area contributed by atoms with Gasteiger partial charge in [-0.2, -0.15) is 0 Å². The third kappa shape index (κ3) is 4.49. The van der Waals surface area contributed by atoms with Crippen LogP contribution in [0.4, 0.5) is 0 Å². The van der Waals surface area contributed by atoms with Crippen LogP contribution in [0.3, 0.4) is 0 Å². The lowest BCUT2D eigenvalue weighted by Gasteiger charge is -2.08. The Hall–Kier alpha value is -3.68. The molecule has 0 radical (unpaired) electrons. The minimum Gasteiger partial charge on any atom is -0.454 e. The molecule has 0 saturated heterocycles. The highest BCUT2D eigenvalue weighted by Gasteiger charge is 2.12. The van der Waals surface area contributed by atoms with Gasteiger partial charge >= 0.3 is 5.97 Å². The minimum atomic E-state index is -0.808. The number of aromatic nitrogens is 2. The van der Waals surface area contributed by atoms with Crippen LogP contribution in [0.2, 0.25) is 0 Å². The van der Waals surface area contributed by atoms with Gasteiger partial charge in [-0.05, 0) is 17.7 Å². The van der Waals surface area contributed by atoms with Crippen LogP contribution in [0.15, 0.2) is 64.2 Å². The van der Waals surface area contributed by atoms with Gasteiger partial charge in [-0.15, -0.1) is 0 Å². The van der Waals surface area contributed by atoms with Crippen LogP contribution < -0.4 is 16.4 Å². The summed E-state index contributed by atoms with van der Waals surface area (Å²) in [6.45, 7) is -0.655. The molecule has 27 heavy (non-hydrogen) atoms. The van der Waals surface area contributed by atoms with Gasteiger partial charge in [-0.25, -0.2) is 4.68 Å². The highest BCUT2D eigenvalue weighted by atomic mass is 16.5. The summed E-state index contributed by atoms with van der Waals surface area (Å²) >= 11 is 0. The molecule has 0 fully saturated rings. The van der Waals surface area contributed by atoms with Gasteiger partial charge in [0, 0.05) is 6.54 Å². The lowest BCUT2D eigenvalue weighted by atomic mass is 10.2. The second-order valence-electron chi connectivity index (χ2n) is 5.80. The molecule has 8 heteroatoms. The zero-order valence-electron chi connectivity index (χ0n) is 14.3. The van der Waals surface area contributed by atoms with Gasteiger partial charge in [0.15, 0.2) is 6.61 Å². The fourth-order valence-corrected chi connectivity index (χ4v) is 2.53. The van der Waals surface area contributed by atoms with E-state index in [0.717, 1.165) is 10.2 Å². The van der Waals surface area contributed by atoms with Crippen molar-refractivity contribution in [2.24, 2.45) is 0 Å². The van der Waals surface area contributed by atoms with Crippen molar-refractivity contribution in [3.05, 3.63) is 80.9 Å². The number of carbonyl (C=O) groups excluding carboxylic acids is 2. The number of hydrogen-bond acceptors (Lipinski definition) is 5. The molecule has 8 nitrogen and oxygen atoms in total. The summed E-state index contributed by atoms with van der Waals surface area (Å²) in [6.07, 6.45) is 0. The fourth-order valence-electron chi connectivity index (χ4n) is 2.53. The molecular weight excluding hydrogens is 350 g/mol. The highest BCUT2D eigenvalue weighted by Crippen LogP contribution is 2.02. The van der Waals surface area contributed by atoms with E-state index in [2.05, 4.69) is 10.4 Å². The Labute approximate surface area is 153 Å². The van der Waals surface area contributed by atoms with E-state index in [1.54, 1.807) is 12.1 Å². The van der Waals surface area contributed by atoms with Crippen LogP contribution >= 0.6 is 0 Å². The van der Waals surface area contributed by atoms with Crippen LogP contribution in [0, 0.1) is 0 Å². The Morgan fingerprint density at radius 1 is 0.963 bits per heavy atom. The van der Waals surface area contributed by atoms with Crippen molar-refractivity contribution in [2.45, 2.75) is 13.1 Å². The number of amides is 1. The highest BCUT2D eigenvalue weighted by molar-refractivity contribution is 5.81. The van der Waals surface area contributed by atoms with E-state index in [1.807, 2.05) is 30.3 Å². The van der Waals surface area contributed by atoms with Crippen LogP contribution in [0.5, 0.6) is 0 Å². The first-order chi connectivity index (χ1) is 13.0. The van der Waals surface area contributed by atoms with Gasteiger partial charge in [-0.3, -0.25) is 24.3 Å². The van der Waals surface area contributed by atoms with Crippen molar-refractivity contribution in [3.8, 4) is 0 Å². The predicted octanol–water partition coefficient (Wildman–Crippen LogP) is 0.549. The van der Waals surface area contributed by atoms with Gasteiger partial charge in [0.25, 0.3) is 17.0 Å². The molecule has 0 aliphatic carbocycles. The summed E-state index contributed by atoms with van der Waals surface area (Å²) < 4.78 is 5.74. The van der Waals surface area contributed by atoms with Crippen molar-refractivity contribution in [3.63, 3.8) is 0 Å². The normalized spacial score (nSPS) is 10.5. The smallest absolute Gasteiger partial charge is 0.328 e. The summed E-state index contributed by atoms with van der Waals surface area (Å²) in [6, 6.07) is 15.6. The molecule has 0 aliphatic heterocycles. The van der Waals surface area contributed by atoms with E-state index in [0.29, 0.717) is 6.54 Å². The van der Waals surface area contributed by atoms with Crippen LogP contribution in [0.25, 0.3) is 10.8 Å². The zero-order valence-corrected chi connectivity index (χ0v) is 14.3. The van der Waals surface area contributed by atoms with E-state index in [4.69, 9.17) is 4.74 Å². The topological polar surface area (TPSA) is 110 Å². The van der Waals surface area contributed by atoms with Crippen molar-refractivity contribution >= 4 is 22.6 Å². The van der Waals surface area contributed by atoms with E-state index >= 15 is 0 Å². The molecule has 0 aliphatic rings. The van der Waals surface area contributed by atoms with Crippen LogP contribution in [-0.2, 0) is 27.4 Å². The fraction of sp³-hybridized carbons (Fsp3) is 0.158. The minimum absolute atomic E-state index is 0.203. The summed E-state index contributed by atoms with van der Waals surface area (Å²) in [7, 11) is 0. The number of nitrogens with one attached hydrogen (secondary N) is 2. The monoisotopic (exact) mass is 367 g/mol. The third-order valence-electron chi connectivity index (χ3n) is 3.87. The zero-order chi connectivity index (χ0) is 19.2. The molecule has 0 atom stereocenters. The van der Waals surface area contributed by atoms with Crippen LogP contribution in [0.1, 0.15) is 5.56 Å². The summed E-state index contributed by atoms with van der Waals surface area (Å²) in [5.41, 5.74) is -0.0910. The third-order valence-corrected chi connectivity index (χ3v) is 3.87. The Morgan fingerprint density at radius 3 is 2.37 bits per heavy atom. The Kier molecular flexibility index (Phi) is 5.46. The Morgan fingerprint density at radius 2 is 1.63 bits per heavy atom. The molecule has 0 bridgehead atoms. The van der Waals surface area contributed by atoms with Crippen LogP contribution in [-0.4, -0.2) is 28.3 Å². The second-order valence-corrected chi connectivity index (χ2v) is 5.80. The van der Waals surface area contributed by atoms with E-state index < -0.39 is 36.1 Å². The maximum Gasteiger partial charge on any atom is 0.328 e. The first-order valence-corrected chi connectivity index (χ1v) is 8.22. The molecule has 2 N–H and O–H groups in total. The molecule has 0 unspecified atom stereocenters. The number of carbonyl (C=O) groups is 2. The molecule has 2 aromatic carbocycles. The van der Waals surface area contributed by atoms with E-state index in [1.165, 1.54) is 12.1 Å². The van der Waals surface area contributed by atoms with Crippen molar-refractivity contribution in [2.75, 3.05) is 6.61 Å². The molecule has 3 aromatic rings. The summed E-state index contributed by atoms with van der Waals surface area (Å²) in [5.74, 6) is -1.27. The average molecular weight is 367 g/mol. The number of esters is 1. The van der Waals surface area contributed by atoms with E-state index in [9.17, 15) is 19.2 Å². The average Bonchev–Trinajstić information content (AvgIpc) is 2.69. The number of hydrogen-bond donors (Lipinski definition) is 2. The van der Waals surface area contributed by atoms with Gasteiger partial charge in [-0.1, -0.05) is 42.5 Å². The number of ether oxygens (including phenoxy) is 1. The molecule has 0 saturated carbocycles. The SMILES string of the molecule is O=C(COC(=O)Cn1[nH]c(=O)c2ccccc2c1=O)NCc1ccccc1. The largest absolute Gasteiger partial charge is 0.454 e. The number of nitrogens with zero attached hydrogens (tertiary/aromatic N) is 1. The lowest BCUT2D eigenvalue weighted by molar-refractivity contribution is -0.149. The molecule has 0 spiro atoms. The number of H-pyrrole nitrogens is 1. The second kappa shape index (κ2) is 8.13. The standard InChI is InChI=1S/C19H17N3O5/c23-16(20-10-13-6-2-1-3-7-13)12-27-17(24)11-22-19(26)15-9-5-4-8-14(15)18(25)21-22/h1-9H,10-12H2,(H,20,23)(H,21,25). The molecule has 138 valence electrons. The maximum atomic E-state index is 12.3. The number of rotatable bonds is 6. The van der Waals surface area contributed by atoms with Gasteiger partial charge in [0.05, 0.1) is 10.8 Å². The summed E-state index contributed by atoms with van der Waals surface area (Å²) in [4.78, 5) is 48.0. The first-order valence-electron chi connectivity index (χ1n) is 8.22. The molecule has 1 heterocycles. The quantitative estimate of drug-likeness (QED) is 0.618. The first kappa shape index (κ1) is 18.1. The van der Waals surface area contributed by atoms with Gasteiger partial charge in [0.1, 0.15) is 6.54 Å². The molecular formula is C19H17N3O5. The Bertz CT molecular complexity index is 1090. The van der Waals surface area contributed by atoms with Gasteiger partial charge in [0.2, 0.25) is 0 Å². The number of fused-ring (bicyclic) bond motifs is 1. The predicted molar refractivity (Wildman–Crippen MR) is 98.1 cm³/mol. The Balaban J connectivity index is 1.57. The summed E-state index contributed by atoms with van der Waals surface area (Å²) in [5, 5.41) is 5.40. The maximum absolute atomic E-state index is 12.3.